The van der Waals surface area contributed by atoms with Crippen LogP contribution < -0.4 is 5.46 Å². The molecule has 20 heavy (non-hydrogen) atoms. The van der Waals surface area contributed by atoms with E-state index in [9.17, 15) is 4.39 Å². The third-order valence-electron chi connectivity index (χ3n) is 3.95. The maximum absolute atomic E-state index is 13.9. The number of methoxy groups -OCH3 is 1. The summed E-state index contributed by atoms with van der Waals surface area (Å²) in [5, 5.41) is 0.0456. The van der Waals surface area contributed by atoms with Gasteiger partial charge in [0, 0.05) is 12.7 Å². The van der Waals surface area contributed by atoms with Crippen molar-refractivity contribution in [3.63, 3.8) is 0 Å². The van der Waals surface area contributed by atoms with Crippen LogP contribution in [0.3, 0.4) is 0 Å². The molecule has 0 aliphatic carbocycles. The Hall–Kier alpha value is -0.615. The van der Waals surface area contributed by atoms with Gasteiger partial charge in [-0.1, -0.05) is 17.7 Å². The SMILES string of the molecule is COCc1cc(B2OC(C)(C)C(C)(C)O2)cc(Cl)c1F. The van der Waals surface area contributed by atoms with E-state index in [1.165, 1.54) is 13.2 Å². The van der Waals surface area contributed by atoms with Crippen molar-refractivity contribution in [3.8, 4) is 0 Å². The van der Waals surface area contributed by atoms with Crippen molar-refractivity contribution in [3.05, 3.63) is 28.5 Å². The highest BCUT2D eigenvalue weighted by Gasteiger charge is 2.51. The van der Waals surface area contributed by atoms with E-state index in [-0.39, 0.29) is 11.6 Å². The van der Waals surface area contributed by atoms with Gasteiger partial charge in [-0.05, 0) is 39.2 Å². The van der Waals surface area contributed by atoms with Crippen LogP contribution in [-0.4, -0.2) is 25.4 Å². The largest absolute Gasteiger partial charge is 0.494 e. The fourth-order valence-corrected chi connectivity index (χ4v) is 2.29. The van der Waals surface area contributed by atoms with E-state index in [1.807, 2.05) is 27.7 Å². The van der Waals surface area contributed by atoms with E-state index in [2.05, 4.69) is 0 Å². The van der Waals surface area contributed by atoms with Crippen molar-refractivity contribution in [2.24, 2.45) is 0 Å². The fourth-order valence-electron chi connectivity index (χ4n) is 2.05. The van der Waals surface area contributed by atoms with Crippen LogP contribution in [0.2, 0.25) is 5.02 Å². The first-order chi connectivity index (χ1) is 9.18. The molecule has 1 aliphatic rings. The van der Waals surface area contributed by atoms with Crippen LogP contribution in [0, 0.1) is 5.82 Å². The molecule has 1 fully saturated rings. The number of rotatable bonds is 3. The predicted molar refractivity (Wildman–Crippen MR) is 77.8 cm³/mol. The number of hydrogen-bond donors (Lipinski definition) is 0. The van der Waals surface area contributed by atoms with Crippen molar-refractivity contribution in [1.82, 2.24) is 0 Å². The average Bonchev–Trinajstić information content (AvgIpc) is 2.54. The molecular weight excluding hydrogens is 281 g/mol. The lowest BCUT2D eigenvalue weighted by Gasteiger charge is -2.32. The monoisotopic (exact) mass is 300 g/mol. The molecule has 0 atom stereocenters. The maximum Gasteiger partial charge on any atom is 0.494 e. The smallest absolute Gasteiger partial charge is 0.399 e. The molecule has 0 spiro atoms. The molecule has 1 saturated heterocycles. The molecule has 1 aromatic carbocycles. The van der Waals surface area contributed by atoms with Gasteiger partial charge in [0.15, 0.2) is 0 Å². The van der Waals surface area contributed by atoms with Crippen LogP contribution in [0.1, 0.15) is 33.3 Å². The molecule has 0 aromatic heterocycles. The molecule has 0 radical (unpaired) electrons. The summed E-state index contributed by atoms with van der Waals surface area (Å²) in [6, 6.07) is 3.21. The number of hydrogen-bond acceptors (Lipinski definition) is 3. The Balaban J connectivity index is 2.35. The second kappa shape index (κ2) is 5.30. The normalized spacial score (nSPS) is 20.4. The van der Waals surface area contributed by atoms with Gasteiger partial charge in [-0.3, -0.25) is 0 Å². The highest BCUT2D eigenvalue weighted by Crippen LogP contribution is 2.36. The summed E-state index contributed by atoms with van der Waals surface area (Å²) in [6.45, 7) is 8.02. The Morgan fingerprint density at radius 3 is 2.25 bits per heavy atom. The quantitative estimate of drug-likeness (QED) is 0.803. The standard InChI is InChI=1S/C14H19BClFO3/c1-13(2)14(3,4)20-15(19-13)10-6-9(8-18-5)12(17)11(16)7-10/h6-7H,8H2,1-5H3. The zero-order chi connectivity index (χ0) is 15.1. The minimum Gasteiger partial charge on any atom is -0.399 e. The molecule has 0 unspecified atom stereocenters. The minimum atomic E-state index is -0.561. The molecule has 0 bridgehead atoms. The highest BCUT2D eigenvalue weighted by molar-refractivity contribution is 6.62. The summed E-state index contributed by atoms with van der Waals surface area (Å²) >= 11 is 5.93. The van der Waals surface area contributed by atoms with Crippen LogP contribution in [0.15, 0.2) is 12.1 Å². The van der Waals surface area contributed by atoms with Crippen molar-refractivity contribution in [1.29, 1.82) is 0 Å². The third-order valence-corrected chi connectivity index (χ3v) is 4.23. The number of ether oxygens (including phenoxy) is 1. The first kappa shape index (κ1) is 15.8. The molecule has 0 N–H and O–H groups in total. The van der Waals surface area contributed by atoms with Crippen LogP contribution in [-0.2, 0) is 20.7 Å². The van der Waals surface area contributed by atoms with E-state index >= 15 is 0 Å². The molecule has 0 amide bonds. The van der Waals surface area contributed by atoms with Gasteiger partial charge in [0.25, 0.3) is 0 Å². The van der Waals surface area contributed by atoms with Crippen molar-refractivity contribution in [2.45, 2.75) is 45.5 Å². The van der Waals surface area contributed by atoms with Crippen molar-refractivity contribution >= 4 is 24.2 Å². The third kappa shape index (κ3) is 2.73. The summed E-state index contributed by atoms with van der Waals surface area (Å²) in [5.74, 6) is -0.464. The van der Waals surface area contributed by atoms with Crippen LogP contribution >= 0.6 is 11.6 Å². The lowest BCUT2D eigenvalue weighted by atomic mass is 9.78. The van der Waals surface area contributed by atoms with Gasteiger partial charge in [0.2, 0.25) is 0 Å². The first-order valence-electron chi connectivity index (χ1n) is 6.50. The lowest BCUT2D eigenvalue weighted by molar-refractivity contribution is 0.00578. The Labute approximate surface area is 124 Å². The van der Waals surface area contributed by atoms with Crippen molar-refractivity contribution in [2.75, 3.05) is 7.11 Å². The van der Waals surface area contributed by atoms with Crippen LogP contribution in [0.5, 0.6) is 0 Å². The first-order valence-corrected chi connectivity index (χ1v) is 6.88. The zero-order valence-corrected chi connectivity index (χ0v) is 13.2. The van der Waals surface area contributed by atoms with Crippen molar-refractivity contribution < 1.29 is 18.4 Å². The summed E-state index contributed by atoms with van der Waals surface area (Å²) in [5.41, 5.74) is 0.201. The van der Waals surface area contributed by atoms with Gasteiger partial charge < -0.3 is 14.0 Å². The van der Waals surface area contributed by atoms with E-state index in [0.717, 1.165) is 0 Å². The van der Waals surface area contributed by atoms with E-state index in [4.69, 9.17) is 25.6 Å². The Morgan fingerprint density at radius 2 is 1.75 bits per heavy atom. The van der Waals surface area contributed by atoms with Gasteiger partial charge in [-0.25, -0.2) is 4.39 Å². The summed E-state index contributed by atoms with van der Waals surface area (Å²) in [7, 11) is 0.947. The molecule has 1 aliphatic heterocycles. The lowest BCUT2D eigenvalue weighted by Crippen LogP contribution is -2.41. The van der Waals surface area contributed by atoms with Gasteiger partial charge >= 0.3 is 7.12 Å². The minimum absolute atomic E-state index is 0.0456. The van der Waals surface area contributed by atoms with Gasteiger partial charge in [0.1, 0.15) is 5.82 Å². The zero-order valence-electron chi connectivity index (χ0n) is 12.4. The molecule has 6 heteroatoms. The van der Waals surface area contributed by atoms with E-state index < -0.39 is 24.1 Å². The second-order valence-corrected chi connectivity index (χ2v) is 6.40. The average molecular weight is 301 g/mol. The Bertz CT molecular complexity index is 503. The van der Waals surface area contributed by atoms with Crippen LogP contribution in [0.4, 0.5) is 4.39 Å². The summed E-state index contributed by atoms with van der Waals surface area (Å²) < 4.78 is 30.7. The predicted octanol–water partition coefficient (Wildman–Crippen LogP) is 2.92. The summed E-state index contributed by atoms with van der Waals surface area (Å²) in [4.78, 5) is 0. The van der Waals surface area contributed by atoms with Gasteiger partial charge in [0.05, 0.1) is 22.8 Å². The van der Waals surface area contributed by atoms with Crippen LogP contribution in [0.25, 0.3) is 0 Å². The Morgan fingerprint density at radius 1 is 1.20 bits per heavy atom. The molecular formula is C14H19BClFO3. The Kier molecular flexibility index (Phi) is 4.18. The molecule has 2 rings (SSSR count). The van der Waals surface area contributed by atoms with Gasteiger partial charge in [-0.2, -0.15) is 0 Å². The molecule has 0 saturated carbocycles. The fraction of sp³-hybridized carbons (Fsp3) is 0.571. The number of halogens is 2. The molecule has 110 valence electrons. The highest BCUT2D eigenvalue weighted by atomic mass is 35.5. The maximum atomic E-state index is 13.9. The van der Waals surface area contributed by atoms with E-state index in [0.29, 0.717) is 11.0 Å². The number of benzene rings is 1. The van der Waals surface area contributed by atoms with Gasteiger partial charge in [-0.15, -0.1) is 0 Å². The molecule has 1 heterocycles. The summed E-state index contributed by atoms with van der Waals surface area (Å²) in [6.07, 6.45) is 0. The molecule has 1 aromatic rings. The topological polar surface area (TPSA) is 27.7 Å². The van der Waals surface area contributed by atoms with E-state index in [1.54, 1.807) is 6.07 Å². The second-order valence-electron chi connectivity index (χ2n) is 6.00. The molecule has 3 nitrogen and oxygen atoms in total.